The number of carboxylic acid groups (broad SMARTS) is 2. The van der Waals surface area contributed by atoms with Gasteiger partial charge in [0.2, 0.25) is 11.8 Å². The number of carbonyl (C=O) groups excluding carboxylic acids is 2. The van der Waals surface area contributed by atoms with Crippen LogP contribution in [0.1, 0.15) is 69.0 Å². The molecule has 0 radical (unpaired) electrons. The summed E-state index contributed by atoms with van der Waals surface area (Å²) in [5, 5.41) is 14.0. The second kappa shape index (κ2) is 14.9. The summed E-state index contributed by atoms with van der Waals surface area (Å²) in [5.74, 6) is -0.719. The zero-order valence-corrected chi connectivity index (χ0v) is 23.2. The van der Waals surface area contributed by atoms with Gasteiger partial charge in [0.1, 0.15) is 12.4 Å². The van der Waals surface area contributed by atoms with Crippen LogP contribution in [0.4, 0.5) is 13.6 Å². The van der Waals surface area contributed by atoms with Crippen molar-refractivity contribution in [1.29, 1.82) is 0 Å². The predicted molar refractivity (Wildman–Crippen MR) is 145 cm³/mol. The van der Waals surface area contributed by atoms with E-state index in [1.165, 1.54) is 44.2 Å². The van der Waals surface area contributed by atoms with Crippen molar-refractivity contribution < 1.29 is 38.1 Å². The molecule has 2 aromatic rings. The van der Waals surface area contributed by atoms with Crippen molar-refractivity contribution >= 4 is 29.6 Å². The number of halogens is 3. The Morgan fingerprint density at radius 2 is 1.70 bits per heavy atom. The number of nitrogens with zero attached hydrogens (tertiary/aromatic N) is 2. The van der Waals surface area contributed by atoms with Crippen LogP contribution in [0.2, 0.25) is 5.02 Å². The molecule has 2 fully saturated rings. The summed E-state index contributed by atoms with van der Waals surface area (Å²) in [4.78, 5) is 35.4. The van der Waals surface area contributed by atoms with Gasteiger partial charge in [-0.3, -0.25) is 19.4 Å². The van der Waals surface area contributed by atoms with Gasteiger partial charge in [0.15, 0.2) is 11.6 Å². The van der Waals surface area contributed by atoms with Crippen molar-refractivity contribution in [2.24, 2.45) is 5.92 Å². The molecule has 1 unspecified atom stereocenters. The number of ether oxygens (including phenoxy) is 1. The lowest BCUT2D eigenvalue weighted by Crippen LogP contribution is -2.33. The average molecular weight is 581 g/mol. The minimum absolute atomic E-state index is 0.0424. The van der Waals surface area contributed by atoms with Crippen LogP contribution in [0.25, 0.3) is 0 Å². The molecule has 11 heteroatoms. The van der Waals surface area contributed by atoms with Crippen LogP contribution < -0.4 is 4.74 Å². The summed E-state index contributed by atoms with van der Waals surface area (Å²) in [5.41, 5.74) is 1.63. The van der Waals surface area contributed by atoms with Gasteiger partial charge >= 0.3 is 6.16 Å². The van der Waals surface area contributed by atoms with Gasteiger partial charge in [-0.2, -0.15) is 0 Å². The quantitative estimate of drug-likeness (QED) is 0.308. The molecule has 218 valence electrons. The summed E-state index contributed by atoms with van der Waals surface area (Å²) >= 11 is 5.89. The van der Waals surface area contributed by atoms with Crippen molar-refractivity contribution in [3.8, 4) is 5.75 Å². The number of imide groups is 1. The first kappa shape index (κ1) is 31.3. The molecule has 1 heterocycles. The minimum Gasteiger partial charge on any atom is -0.489 e. The Morgan fingerprint density at radius 1 is 1.05 bits per heavy atom. The third-order valence-corrected chi connectivity index (χ3v) is 7.61. The molecule has 1 saturated carbocycles. The highest BCUT2D eigenvalue weighted by molar-refractivity contribution is 6.30. The molecule has 2 aliphatic rings. The molecule has 1 atom stereocenters. The van der Waals surface area contributed by atoms with Crippen molar-refractivity contribution in [2.45, 2.75) is 64.5 Å². The fraction of sp³-hybridized carbons (Fsp3) is 0.483. The molecule has 40 heavy (non-hydrogen) atoms. The van der Waals surface area contributed by atoms with Gasteiger partial charge in [-0.1, -0.05) is 43.0 Å². The molecule has 2 N–H and O–H groups in total. The predicted octanol–water partition coefficient (Wildman–Crippen LogP) is 6.51. The van der Waals surface area contributed by atoms with Crippen LogP contribution in [0.15, 0.2) is 36.4 Å². The monoisotopic (exact) mass is 580 g/mol. The van der Waals surface area contributed by atoms with Gasteiger partial charge in [0.05, 0.1) is 11.6 Å². The van der Waals surface area contributed by atoms with E-state index in [-0.39, 0.29) is 54.6 Å². The first-order valence-electron chi connectivity index (χ1n) is 13.4. The van der Waals surface area contributed by atoms with Crippen molar-refractivity contribution in [1.82, 2.24) is 9.80 Å². The maximum Gasteiger partial charge on any atom is 0.503 e. The largest absolute Gasteiger partial charge is 0.503 e. The van der Waals surface area contributed by atoms with E-state index in [1.807, 2.05) is 19.1 Å². The maximum atomic E-state index is 14.9. The van der Waals surface area contributed by atoms with Crippen molar-refractivity contribution in [2.75, 3.05) is 19.7 Å². The molecule has 1 saturated heterocycles. The number of carbonyl (C=O) groups is 3. The van der Waals surface area contributed by atoms with Crippen LogP contribution in [0.3, 0.4) is 0 Å². The van der Waals surface area contributed by atoms with E-state index in [0.717, 1.165) is 22.6 Å². The van der Waals surface area contributed by atoms with E-state index in [4.69, 9.17) is 31.3 Å². The Balaban J connectivity index is 0.00000103. The molecule has 1 aliphatic carbocycles. The molecule has 1 aliphatic heterocycles. The van der Waals surface area contributed by atoms with Crippen molar-refractivity contribution in [3.63, 3.8) is 0 Å². The normalized spacial score (nSPS) is 16.6. The number of amides is 2. The molecule has 0 spiro atoms. The van der Waals surface area contributed by atoms with E-state index >= 15 is 0 Å². The average Bonchev–Trinajstić information content (AvgIpc) is 3.23. The van der Waals surface area contributed by atoms with Gasteiger partial charge in [-0.15, -0.1) is 0 Å². The molecule has 2 amide bonds. The molecular weight excluding hydrogens is 546 g/mol. The summed E-state index contributed by atoms with van der Waals surface area (Å²) in [6.45, 7) is 3.56. The Kier molecular flexibility index (Phi) is 11.7. The van der Waals surface area contributed by atoms with E-state index in [1.54, 1.807) is 12.1 Å². The lowest BCUT2D eigenvalue weighted by atomic mass is 9.88. The second-order valence-corrected chi connectivity index (χ2v) is 10.5. The number of likely N-dealkylation sites (tertiary alicyclic amines) is 1. The zero-order chi connectivity index (χ0) is 29.2. The molecule has 2 aromatic carbocycles. The number of hydrogen-bond acceptors (Lipinski definition) is 5. The molecule has 0 bridgehead atoms. The van der Waals surface area contributed by atoms with E-state index in [2.05, 4.69) is 4.90 Å². The van der Waals surface area contributed by atoms with Gasteiger partial charge in [0.25, 0.3) is 0 Å². The van der Waals surface area contributed by atoms with Gasteiger partial charge in [-0.25, -0.2) is 13.6 Å². The maximum absolute atomic E-state index is 14.9. The minimum atomic E-state index is -1.83. The van der Waals surface area contributed by atoms with Gasteiger partial charge in [-0.05, 0) is 61.1 Å². The highest BCUT2D eigenvalue weighted by atomic mass is 35.5. The van der Waals surface area contributed by atoms with Crippen LogP contribution in [0, 0.1) is 17.6 Å². The Bertz CT molecular complexity index is 1170. The SMILES string of the molecule is CC(c1ccc(Cl)c(F)c1)N(Cc1ccc(OCCN2C(=O)CCC2=O)c(F)c1)CC1CCCCC1.O=C(O)O. The molecule has 4 rings (SSSR count). The van der Waals surface area contributed by atoms with Crippen molar-refractivity contribution in [3.05, 3.63) is 64.2 Å². The molecular formula is C29H35ClF2N2O6. The number of benzene rings is 2. The zero-order valence-electron chi connectivity index (χ0n) is 22.5. The standard InChI is InChI=1S/C28H33ClF2N2O3.CH2O3/c1-19(22-8-9-23(29)24(30)16-22)32(17-20-5-3-2-4-6-20)18-21-7-10-26(25(31)15-21)36-14-13-33-27(34)11-12-28(33)35;2-1(3)4/h7-10,15-16,19-20H,2-6,11-14,17-18H2,1H3;(H2,2,3,4). The van der Waals surface area contributed by atoms with Gasteiger partial charge < -0.3 is 14.9 Å². The fourth-order valence-corrected chi connectivity index (χ4v) is 5.27. The third-order valence-electron chi connectivity index (χ3n) is 7.30. The Morgan fingerprint density at radius 3 is 2.30 bits per heavy atom. The van der Waals surface area contributed by atoms with E-state index in [0.29, 0.717) is 12.5 Å². The lowest BCUT2D eigenvalue weighted by molar-refractivity contribution is -0.138. The summed E-state index contributed by atoms with van der Waals surface area (Å²) in [6, 6.07) is 9.71. The fourth-order valence-electron chi connectivity index (χ4n) is 5.16. The van der Waals surface area contributed by atoms with Gasteiger partial charge in [0, 0.05) is 32.0 Å². The summed E-state index contributed by atoms with van der Waals surface area (Å²) in [6.07, 6.45) is 4.65. The van der Waals surface area contributed by atoms with E-state index in [9.17, 15) is 18.4 Å². The molecule has 8 nitrogen and oxygen atoms in total. The highest BCUT2D eigenvalue weighted by Crippen LogP contribution is 2.31. The van der Waals surface area contributed by atoms with Crippen LogP contribution in [0.5, 0.6) is 5.75 Å². The van der Waals surface area contributed by atoms with Crippen LogP contribution in [-0.4, -0.2) is 57.7 Å². The molecule has 0 aromatic heterocycles. The number of hydrogen-bond donors (Lipinski definition) is 2. The Hall–Kier alpha value is -3.24. The third kappa shape index (κ3) is 9.16. The number of rotatable bonds is 10. The van der Waals surface area contributed by atoms with Crippen LogP contribution >= 0.6 is 11.6 Å². The Labute approximate surface area is 237 Å². The first-order valence-corrected chi connectivity index (χ1v) is 13.8. The summed E-state index contributed by atoms with van der Waals surface area (Å²) in [7, 11) is 0. The first-order chi connectivity index (χ1) is 19.0. The second-order valence-electron chi connectivity index (χ2n) is 10.1. The van der Waals surface area contributed by atoms with Crippen LogP contribution in [-0.2, 0) is 16.1 Å². The summed E-state index contributed by atoms with van der Waals surface area (Å²) < 4.78 is 34.6. The topological polar surface area (TPSA) is 107 Å². The smallest absolute Gasteiger partial charge is 0.489 e. The van der Waals surface area contributed by atoms with E-state index < -0.39 is 17.8 Å². The lowest BCUT2D eigenvalue weighted by Gasteiger charge is -2.34. The highest BCUT2D eigenvalue weighted by Gasteiger charge is 2.28.